The summed E-state index contributed by atoms with van der Waals surface area (Å²) in [5.74, 6) is 0.644. The topological polar surface area (TPSA) is 67.3 Å². The minimum Gasteiger partial charge on any atom is -0.496 e. The number of ether oxygens (including phenoxy) is 1. The molecule has 1 amide bonds. The van der Waals surface area contributed by atoms with E-state index < -0.39 is 0 Å². The van der Waals surface area contributed by atoms with Gasteiger partial charge in [-0.15, -0.1) is 0 Å². The van der Waals surface area contributed by atoms with Crippen LogP contribution in [0.15, 0.2) is 42.9 Å². The normalized spacial score (nSPS) is 15.9. The molecule has 6 nitrogen and oxygen atoms in total. The molecule has 2 aromatic rings. The zero-order valence-corrected chi connectivity index (χ0v) is 13.8. The third-order valence-electron chi connectivity index (χ3n) is 4.33. The second-order valence-corrected chi connectivity index (χ2v) is 5.80. The van der Waals surface area contributed by atoms with Crippen molar-refractivity contribution < 1.29 is 9.53 Å². The molecule has 24 heavy (non-hydrogen) atoms. The fourth-order valence-electron chi connectivity index (χ4n) is 3.13. The number of rotatable bonds is 6. The molecule has 1 N–H and O–H groups in total. The van der Waals surface area contributed by atoms with Crippen LogP contribution in [0.3, 0.4) is 0 Å². The number of nitrogens with one attached hydrogen (secondary N) is 1. The lowest BCUT2D eigenvalue weighted by molar-refractivity contribution is 0.0932. The van der Waals surface area contributed by atoms with Crippen LogP contribution in [-0.4, -0.2) is 47.5 Å². The summed E-state index contributed by atoms with van der Waals surface area (Å²) in [6.07, 6.45) is 6.92. The number of methoxy groups -OCH3 is 1. The molecule has 126 valence electrons. The third kappa shape index (κ3) is 3.71. The number of para-hydroxylation sites is 1. The van der Waals surface area contributed by atoms with E-state index in [1.54, 1.807) is 13.3 Å². The average Bonchev–Trinajstić information content (AvgIpc) is 3.17. The first-order valence-electron chi connectivity index (χ1n) is 8.21. The van der Waals surface area contributed by atoms with Crippen molar-refractivity contribution in [3.05, 3.63) is 54.1 Å². The zero-order valence-electron chi connectivity index (χ0n) is 13.8. The number of carbonyl (C=O) groups excluding carboxylic acids is 1. The summed E-state index contributed by atoms with van der Waals surface area (Å²) in [5, 5.41) is 2.99. The molecule has 0 unspecified atom stereocenters. The standard InChI is InChI=1S/C18H22N4O2/c1-24-17-7-3-2-6-14(17)16(22-10-4-5-11-22)13-21-18(23)15-12-19-8-9-20-15/h2-3,6-9,12,16H,4-5,10-11,13H2,1H3,(H,21,23)/t16-/m0/s1. The predicted molar refractivity (Wildman–Crippen MR) is 90.9 cm³/mol. The molecule has 2 heterocycles. The Balaban J connectivity index is 1.77. The Morgan fingerprint density at radius 3 is 2.79 bits per heavy atom. The molecule has 6 heteroatoms. The summed E-state index contributed by atoms with van der Waals surface area (Å²) in [7, 11) is 1.68. The fourth-order valence-corrected chi connectivity index (χ4v) is 3.13. The summed E-state index contributed by atoms with van der Waals surface area (Å²) >= 11 is 0. The summed E-state index contributed by atoms with van der Waals surface area (Å²) in [6.45, 7) is 2.57. The minimum absolute atomic E-state index is 0.0873. The molecule has 0 saturated carbocycles. The number of benzene rings is 1. The highest BCUT2D eigenvalue weighted by Crippen LogP contribution is 2.31. The molecule has 0 aliphatic carbocycles. The number of nitrogens with zero attached hydrogens (tertiary/aromatic N) is 3. The molecule has 3 rings (SSSR count). The molecule has 0 spiro atoms. The fraction of sp³-hybridized carbons (Fsp3) is 0.389. The number of aromatic nitrogens is 2. The molecule has 1 aromatic heterocycles. The second-order valence-electron chi connectivity index (χ2n) is 5.80. The Morgan fingerprint density at radius 1 is 1.29 bits per heavy atom. The highest BCUT2D eigenvalue weighted by molar-refractivity contribution is 5.91. The Kier molecular flexibility index (Phi) is 5.38. The van der Waals surface area contributed by atoms with Gasteiger partial charge in [-0.1, -0.05) is 18.2 Å². The van der Waals surface area contributed by atoms with Crippen molar-refractivity contribution in [1.29, 1.82) is 0 Å². The van der Waals surface area contributed by atoms with Crippen molar-refractivity contribution in [1.82, 2.24) is 20.2 Å². The Morgan fingerprint density at radius 2 is 2.08 bits per heavy atom. The SMILES string of the molecule is COc1ccccc1[C@H](CNC(=O)c1cnccn1)N1CCCC1. The van der Waals surface area contributed by atoms with Crippen molar-refractivity contribution in [2.75, 3.05) is 26.7 Å². The lowest BCUT2D eigenvalue weighted by Crippen LogP contribution is -2.37. The van der Waals surface area contributed by atoms with Crippen LogP contribution in [0.4, 0.5) is 0 Å². The number of hydrogen-bond acceptors (Lipinski definition) is 5. The summed E-state index contributed by atoms with van der Waals surface area (Å²) in [5.41, 5.74) is 1.43. The van der Waals surface area contributed by atoms with Crippen molar-refractivity contribution in [2.45, 2.75) is 18.9 Å². The van der Waals surface area contributed by atoms with Gasteiger partial charge in [0, 0.05) is 24.5 Å². The lowest BCUT2D eigenvalue weighted by Gasteiger charge is -2.29. The number of amides is 1. The third-order valence-corrected chi connectivity index (χ3v) is 4.33. The lowest BCUT2D eigenvalue weighted by atomic mass is 10.0. The molecule has 1 atom stereocenters. The van der Waals surface area contributed by atoms with Crippen LogP contribution in [-0.2, 0) is 0 Å². The summed E-state index contributed by atoms with van der Waals surface area (Å²) in [4.78, 5) is 22.7. The predicted octanol–water partition coefficient (Wildman–Crippen LogP) is 2.05. The first-order valence-corrected chi connectivity index (χ1v) is 8.21. The largest absolute Gasteiger partial charge is 0.496 e. The maximum atomic E-state index is 12.3. The van der Waals surface area contributed by atoms with E-state index in [2.05, 4.69) is 26.3 Å². The number of carbonyl (C=O) groups is 1. The molecule has 1 aromatic carbocycles. The molecule has 1 aliphatic rings. The van der Waals surface area contributed by atoms with Crippen molar-refractivity contribution in [3.8, 4) is 5.75 Å². The van der Waals surface area contributed by atoms with Crippen LogP contribution in [0.25, 0.3) is 0 Å². The first kappa shape index (κ1) is 16.4. The first-order chi connectivity index (χ1) is 11.8. The van der Waals surface area contributed by atoms with Crippen LogP contribution in [0, 0.1) is 0 Å². The van der Waals surface area contributed by atoms with E-state index in [-0.39, 0.29) is 11.9 Å². The van der Waals surface area contributed by atoms with E-state index in [9.17, 15) is 4.79 Å². The Labute approximate surface area is 141 Å². The molecular formula is C18H22N4O2. The summed E-state index contributed by atoms with van der Waals surface area (Å²) < 4.78 is 5.52. The van der Waals surface area contributed by atoms with E-state index in [0.717, 1.165) is 24.4 Å². The average molecular weight is 326 g/mol. The van der Waals surface area contributed by atoms with Crippen molar-refractivity contribution in [2.24, 2.45) is 0 Å². The Hall–Kier alpha value is -2.47. The van der Waals surface area contributed by atoms with E-state index >= 15 is 0 Å². The maximum Gasteiger partial charge on any atom is 0.271 e. The van der Waals surface area contributed by atoms with Crippen LogP contribution in [0.1, 0.15) is 34.9 Å². The maximum absolute atomic E-state index is 12.3. The second kappa shape index (κ2) is 7.88. The van der Waals surface area contributed by atoms with Crippen LogP contribution < -0.4 is 10.1 Å². The van der Waals surface area contributed by atoms with E-state index in [4.69, 9.17) is 4.74 Å². The number of hydrogen-bond donors (Lipinski definition) is 1. The van der Waals surface area contributed by atoms with Crippen molar-refractivity contribution in [3.63, 3.8) is 0 Å². The van der Waals surface area contributed by atoms with Gasteiger partial charge in [0.25, 0.3) is 5.91 Å². The highest BCUT2D eigenvalue weighted by Gasteiger charge is 2.26. The van der Waals surface area contributed by atoms with Crippen LogP contribution in [0.2, 0.25) is 0 Å². The number of likely N-dealkylation sites (tertiary alicyclic amines) is 1. The Bertz CT molecular complexity index is 672. The van der Waals surface area contributed by atoms with Crippen LogP contribution >= 0.6 is 0 Å². The van der Waals surface area contributed by atoms with Gasteiger partial charge in [0.2, 0.25) is 0 Å². The van der Waals surface area contributed by atoms with E-state index in [0.29, 0.717) is 12.2 Å². The van der Waals surface area contributed by atoms with E-state index in [1.807, 2.05) is 18.2 Å². The molecule has 1 aliphatic heterocycles. The molecule has 0 radical (unpaired) electrons. The molecule has 1 fully saturated rings. The molecule has 0 bridgehead atoms. The van der Waals surface area contributed by atoms with Gasteiger partial charge in [0.05, 0.1) is 19.3 Å². The van der Waals surface area contributed by atoms with Gasteiger partial charge in [-0.2, -0.15) is 0 Å². The van der Waals surface area contributed by atoms with E-state index in [1.165, 1.54) is 25.2 Å². The quantitative estimate of drug-likeness (QED) is 0.880. The van der Waals surface area contributed by atoms with Gasteiger partial charge >= 0.3 is 0 Å². The monoisotopic (exact) mass is 326 g/mol. The highest BCUT2D eigenvalue weighted by atomic mass is 16.5. The summed E-state index contributed by atoms with van der Waals surface area (Å²) in [6, 6.07) is 8.08. The van der Waals surface area contributed by atoms with Crippen molar-refractivity contribution >= 4 is 5.91 Å². The minimum atomic E-state index is -0.206. The van der Waals surface area contributed by atoms with Gasteiger partial charge in [0.1, 0.15) is 11.4 Å². The van der Waals surface area contributed by atoms with Gasteiger partial charge in [-0.3, -0.25) is 14.7 Å². The van der Waals surface area contributed by atoms with Gasteiger partial charge in [-0.25, -0.2) is 4.98 Å². The van der Waals surface area contributed by atoms with Gasteiger partial charge in [-0.05, 0) is 32.0 Å². The molecular weight excluding hydrogens is 304 g/mol. The van der Waals surface area contributed by atoms with Gasteiger partial charge in [0.15, 0.2) is 0 Å². The van der Waals surface area contributed by atoms with Gasteiger partial charge < -0.3 is 10.1 Å². The zero-order chi connectivity index (χ0) is 16.8. The smallest absolute Gasteiger partial charge is 0.271 e. The van der Waals surface area contributed by atoms with Crippen LogP contribution in [0.5, 0.6) is 5.75 Å². The molecule has 1 saturated heterocycles.